The number of benzene rings is 2. The first-order chi connectivity index (χ1) is 12.5. The molecule has 1 amide bonds. The summed E-state index contributed by atoms with van der Waals surface area (Å²) in [5, 5.41) is 22.9. The molecule has 0 bridgehead atoms. The molecule has 1 aromatic heterocycles. The molecule has 1 heterocycles. The number of nitrogen functional groups attached to an aromatic ring is 1. The lowest BCUT2D eigenvalue weighted by molar-refractivity contribution is 0.0951. The predicted molar refractivity (Wildman–Crippen MR) is 98.3 cm³/mol. The maximum Gasteiger partial charge on any atom is 0.250 e. The van der Waals surface area contributed by atoms with Gasteiger partial charge in [0.05, 0.1) is 17.7 Å². The van der Waals surface area contributed by atoms with E-state index in [4.69, 9.17) is 11.5 Å². The van der Waals surface area contributed by atoms with Gasteiger partial charge < -0.3 is 27.0 Å². The molecule has 0 aliphatic heterocycles. The highest BCUT2D eigenvalue weighted by molar-refractivity contribution is 6.07. The Morgan fingerprint density at radius 2 is 2.04 bits per heavy atom. The minimum Gasteiger partial charge on any atom is -0.399 e. The van der Waals surface area contributed by atoms with Gasteiger partial charge in [-0.2, -0.15) is 0 Å². The van der Waals surface area contributed by atoms with E-state index in [1.165, 1.54) is 12.4 Å². The second-order valence-electron chi connectivity index (χ2n) is 5.85. The van der Waals surface area contributed by atoms with Gasteiger partial charge >= 0.3 is 0 Å². The monoisotopic (exact) mass is 353 g/mol. The van der Waals surface area contributed by atoms with Crippen LogP contribution in [0.1, 0.15) is 27.6 Å². The topological polar surface area (TPSA) is 147 Å². The number of carbonyl (C=O) groups excluding carboxylic acids is 1. The van der Waals surface area contributed by atoms with Gasteiger partial charge in [0.1, 0.15) is 18.2 Å². The highest BCUT2D eigenvalue weighted by Crippen LogP contribution is 2.27. The summed E-state index contributed by atoms with van der Waals surface area (Å²) in [6.45, 7) is -0.0285. The molecule has 0 saturated heterocycles. The minimum atomic E-state index is -1.14. The van der Waals surface area contributed by atoms with Crippen molar-refractivity contribution in [3.8, 4) is 0 Å². The molecule has 7 N–H and O–H groups in total. The third-order valence-electron chi connectivity index (χ3n) is 4.00. The summed E-state index contributed by atoms with van der Waals surface area (Å²) in [4.78, 5) is 20.2. The molecule has 0 radical (unpaired) electrons. The van der Waals surface area contributed by atoms with Crippen molar-refractivity contribution in [2.24, 2.45) is 5.73 Å². The molecule has 0 aliphatic carbocycles. The Morgan fingerprint density at radius 3 is 2.73 bits per heavy atom. The number of aliphatic hydroxyl groups excluding tert-OH is 2. The maximum absolute atomic E-state index is 11.8. The normalized spacial score (nSPS) is 12.1. The lowest BCUT2D eigenvalue weighted by atomic mass is 10.0. The average Bonchev–Trinajstić information content (AvgIpc) is 2.64. The van der Waals surface area contributed by atoms with Crippen LogP contribution >= 0.6 is 0 Å². The van der Waals surface area contributed by atoms with E-state index < -0.39 is 18.6 Å². The molecule has 134 valence electrons. The van der Waals surface area contributed by atoms with Gasteiger partial charge in [0.2, 0.25) is 0 Å². The van der Waals surface area contributed by atoms with Gasteiger partial charge in [-0.1, -0.05) is 12.1 Å². The number of rotatable bonds is 6. The van der Waals surface area contributed by atoms with Gasteiger partial charge in [-0.3, -0.25) is 4.79 Å². The van der Waals surface area contributed by atoms with E-state index >= 15 is 0 Å². The van der Waals surface area contributed by atoms with Crippen LogP contribution in [0.4, 0.5) is 11.5 Å². The van der Waals surface area contributed by atoms with Crippen molar-refractivity contribution in [2.75, 3.05) is 17.7 Å². The van der Waals surface area contributed by atoms with Crippen molar-refractivity contribution in [3.63, 3.8) is 0 Å². The molecule has 2 aromatic carbocycles. The van der Waals surface area contributed by atoms with Crippen LogP contribution in [0.15, 0.2) is 42.7 Å². The third-order valence-corrected chi connectivity index (χ3v) is 4.00. The molecule has 1 unspecified atom stereocenters. The fraction of sp³-hybridized carbons (Fsp3) is 0.167. The molecule has 0 saturated carbocycles. The van der Waals surface area contributed by atoms with Gasteiger partial charge in [-0.05, 0) is 35.4 Å². The van der Waals surface area contributed by atoms with E-state index in [1.54, 1.807) is 12.1 Å². The molecule has 3 aromatic rings. The zero-order valence-electron chi connectivity index (χ0n) is 13.9. The van der Waals surface area contributed by atoms with Crippen LogP contribution in [0.5, 0.6) is 0 Å². The summed E-state index contributed by atoms with van der Waals surface area (Å²) in [6.07, 6.45) is 0.193. The van der Waals surface area contributed by atoms with Crippen molar-refractivity contribution >= 4 is 28.3 Å². The van der Waals surface area contributed by atoms with E-state index in [1.807, 2.05) is 18.2 Å². The third kappa shape index (κ3) is 3.56. The highest BCUT2D eigenvalue weighted by Gasteiger charge is 2.17. The van der Waals surface area contributed by atoms with Crippen molar-refractivity contribution < 1.29 is 15.0 Å². The number of nitrogens with zero attached hydrogens (tertiary/aromatic N) is 2. The zero-order valence-corrected chi connectivity index (χ0v) is 13.9. The molecule has 8 heteroatoms. The Balaban J connectivity index is 2.04. The number of aromatic nitrogens is 2. The lowest BCUT2D eigenvalue weighted by Gasteiger charge is -2.14. The Bertz CT molecular complexity index is 961. The molecule has 0 spiro atoms. The van der Waals surface area contributed by atoms with Gasteiger partial charge in [0.15, 0.2) is 0 Å². The predicted octanol–water partition coefficient (Wildman–Crippen LogP) is 0.949. The van der Waals surface area contributed by atoms with E-state index in [2.05, 4.69) is 15.3 Å². The van der Waals surface area contributed by atoms with Crippen LogP contribution in [-0.2, 0) is 6.54 Å². The lowest BCUT2D eigenvalue weighted by Crippen LogP contribution is -2.14. The number of amides is 1. The highest BCUT2D eigenvalue weighted by atomic mass is 16.3. The number of hydrogen-bond acceptors (Lipinski definition) is 7. The summed E-state index contributed by atoms with van der Waals surface area (Å²) < 4.78 is 0. The molecular weight excluding hydrogens is 334 g/mol. The van der Waals surface area contributed by atoms with Crippen LogP contribution in [0.2, 0.25) is 0 Å². The van der Waals surface area contributed by atoms with Crippen molar-refractivity contribution in [1.82, 2.24) is 9.97 Å². The molecule has 0 aliphatic rings. The van der Waals surface area contributed by atoms with Crippen LogP contribution in [0, 0.1) is 0 Å². The standard InChI is InChI=1S/C18H19N5O3/c19-12-3-1-2-10(4-12)7-21-18-14-6-11(15(25)8-24)5-13(17(20)26)16(14)22-9-23-18/h1-6,9,15,24-25H,7-8,19H2,(H2,20,26)(H,21,22,23). The first kappa shape index (κ1) is 17.6. The summed E-state index contributed by atoms with van der Waals surface area (Å²) in [6, 6.07) is 10.5. The average molecular weight is 353 g/mol. The van der Waals surface area contributed by atoms with E-state index in [-0.39, 0.29) is 5.56 Å². The Labute approximate surface area is 149 Å². The maximum atomic E-state index is 11.8. The smallest absolute Gasteiger partial charge is 0.250 e. The summed E-state index contributed by atoms with van der Waals surface area (Å²) in [5.41, 5.74) is 13.7. The summed E-state index contributed by atoms with van der Waals surface area (Å²) >= 11 is 0. The Hall–Kier alpha value is -3.23. The Kier molecular flexibility index (Phi) is 4.97. The molecule has 3 rings (SSSR count). The van der Waals surface area contributed by atoms with E-state index in [9.17, 15) is 15.0 Å². The largest absolute Gasteiger partial charge is 0.399 e. The SMILES string of the molecule is NC(=O)c1cc(C(O)CO)cc2c(NCc3cccc(N)c3)ncnc12. The van der Waals surface area contributed by atoms with Gasteiger partial charge in [-0.25, -0.2) is 9.97 Å². The number of carbonyl (C=O) groups is 1. The quantitative estimate of drug-likeness (QED) is 0.414. The van der Waals surface area contributed by atoms with Crippen LogP contribution in [-0.4, -0.2) is 32.7 Å². The second-order valence-corrected chi connectivity index (χ2v) is 5.85. The number of nitrogens with one attached hydrogen (secondary N) is 1. The zero-order chi connectivity index (χ0) is 18.7. The van der Waals surface area contributed by atoms with Crippen LogP contribution in [0.25, 0.3) is 10.9 Å². The molecule has 0 fully saturated rings. The molecule has 8 nitrogen and oxygen atoms in total. The second kappa shape index (κ2) is 7.34. The minimum absolute atomic E-state index is 0.152. The molecule has 1 atom stereocenters. The van der Waals surface area contributed by atoms with Gasteiger partial charge in [0, 0.05) is 17.6 Å². The molecule has 26 heavy (non-hydrogen) atoms. The number of aliphatic hydroxyl groups is 2. The molecular formula is C18H19N5O3. The number of nitrogens with two attached hydrogens (primary N) is 2. The van der Waals surface area contributed by atoms with Gasteiger partial charge in [-0.15, -0.1) is 0 Å². The fourth-order valence-corrected chi connectivity index (χ4v) is 2.71. The number of anilines is 2. The fourth-order valence-electron chi connectivity index (χ4n) is 2.71. The first-order valence-corrected chi connectivity index (χ1v) is 7.95. The van der Waals surface area contributed by atoms with E-state index in [0.717, 1.165) is 5.56 Å². The first-order valence-electron chi connectivity index (χ1n) is 7.95. The Morgan fingerprint density at radius 1 is 1.23 bits per heavy atom. The summed E-state index contributed by atoms with van der Waals surface area (Å²) in [7, 11) is 0. The van der Waals surface area contributed by atoms with E-state index in [0.29, 0.717) is 34.5 Å². The number of hydrogen-bond donors (Lipinski definition) is 5. The van der Waals surface area contributed by atoms with Crippen molar-refractivity contribution in [2.45, 2.75) is 12.6 Å². The van der Waals surface area contributed by atoms with Crippen molar-refractivity contribution in [3.05, 3.63) is 59.4 Å². The van der Waals surface area contributed by atoms with Gasteiger partial charge in [0.25, 0.3) is 5.91 Å². The number of fused-ring (bicyclic) bond motifs is 1. The van der Waals surface area contributed by atoms with Crippen LogP contribution < -0.4 is 16.8 Å². The van der Waals surface area contributed by atoms with Crippen molar-refractivity contribution in [1.29, 1.82) is 0 Å². The van der Waals surface area contributed by atoms with Crippen LogP contribution in [0.3, 0.4) is 0 Å². The number of primary amides is 1. The summed E-state index contributed by atoms with van der Waals surface area (Å²) in [5.74, 6) is -0.200.